The molecule has 420 valence electrons. The summed E-state index contributed by atoms with van der Waals surface area (Å²) in [4.78, 5) is 16.8. The van der Waals surface area contributed by atoms with Gasteiger partial charge in [-0.25, -0.2) is 87.8 Å². The Labute approximate surface area is 433 Å². The average molecular weight is 1130 g/mol. The first-order valence-electron chi connectivity index (χ1n) is 24.3. The molecule has 0 amide bonds. The van der Waals surface area contributed by atoms with Crippen molar-refractivity contribution < 1.29 is 97.2 Å². The standard InChI is InChI=1S/C30H45N2O.C24BF20/c1-2-3-4-5-6-7-8-9-10-11-12-13-14-15-16-20-23-29-26-31-24-25-32(29)27-30(33)28-21-18-17-19-22-28;26-5-1(6(27)14(35)21(42)13(5)34)25(2-7(28)15(36)22(43)16(37)8(2)29,3-9(30)17(38)23(44)18(39)10(3)31)4-11(32)19(40)24(45)20(41)12(4)33/h17-26H,2-16,27H2,1H3;/q+1;-1. The van der Waals surface area contributed by atoms with E-state index in [9.17, 15) is 57.5 Å². The van der Waals surface area contributed by atoms with Gasteiger partial charge in [0.05, 0.1) is 12.4 Å². The van der Waals surface area contributed by atoms with Crippen molar-refractivity contribution in [2.45, 2.75) is 110 Å². The van der Waals surface area contributed by atoms with Gasteiger partial charge in [-0.1, -0.05) is 127 Å². The number of benzene rings is 5. The fourth-order valence-electron chi connectivity index (χ4n) is 9.09. The fourth-order valence-corrected chi connectivity index (χ4v) is 9.09. The van der Waals surface area contributed by atoms with E-state index in [1.54, 1.807) is 6.20 Å². The van der Waals surface area contributed by atoms with Crippen LogP contribution in [0, 0.1) is 116 Å². The molecule has 0 saturated heterocycles. The van der Waals surface area contributed by atoms with E-state index in [4.69, 9.17) is 0 Å². The Hall–Kier alpha value is -6.75. The SMILES string of the molecule is CCCCCCCCCCCCCCCCC=Cc1cncc[n+]1CC(=O)c1ccccc1.Fc1c(F)c(F)c([B-](c2c(F)c(F)c(F)c(F)c2F)(c2c(F)c(F)c(F)c(F)c2F)c2c(F)c(F)c(F)c(F)c2F)c(F)c1F. The molecule has 0 saturated carbocycles. The Morgan fingerprint density at radius 2 is 0.718 bits per heavy atom. The summed E-state index contributed by atoms with van der Waals surface area (Å²) in [5.74, 6) is -71.3. The molecular weight excluding hydrogens is 1080 g/mol. The highest BCUT2D eigenvalue weighted by Crippen LogP contribution is 2.31. The number of rotatable bonds is 23. The van der Waals surface area contributed by atoms with Crippen molar-refractivity contribution in [2.75, 3.05) is 0 Å². The monoisotopic (exact) mass is 1130 g/mol. The van der Waals surface area contributed by atoms with Crippen molar-refractivity contribution in [3.8, 4) is 0 Å². The summed E-state index contributed by atoms with van der Waals surface area (Å²) in [6, 6.07) is 9.48. The number of ketones is 1. The second-order valence-corrected chi connectivity index (χ2v) is 18.0. The highest BCUT2D eigenvalue weighted by molar-refractivity contribution is 7.20. The van der Waals surface area contributed by atoms with Gasteiger partial charge in [0.15, 0.2) is 76.0 Å². The molecule has 3 nitrogen and oxygen atoms in total. The van der Waals surface area contributed by atoms with E-state index >= 15 is 35.1 Å². The first-order valence-corrected chi connectivity index (χ1v) is 24.3. The number of allylic oxidation sites excluding steroid dienone is 1. The number of carbonyl (C=O) groups is 1. The van der Waals surface area contributed by atoms with Gasteiger partial charge in [0.25, 0.3) is 0 Å². The molecule has 0 aliphatic heterocycles. The number of unbranched alkanes of at least 4 members (excludes halogenated alkanes) is 14. The molecule has 1 aromatic heterocycles. The normalized spacial score (nSPS) is 11.7. The average Bonchev–Trinajstić information content (AvgIpc) is 3.37. The van der Waals surface area contributed by atoms with Crippen molar-refractivity contribution in [2.24, 2.45) is 0 Å². The minimum Gasteiger partial charge on any atom is -0.287 e. The number of carbonyl (C=O) groups excluding carboxylic acids is 1. The molecule has 0 N–H and O–H groups in total. The number of hydrogen-bond donors (Lipinski definition) is 0. The van der Waals surface area contributed by atoms with E-state index in [2.05, 4.69) is 24.1 Å². The lowest BCUT2D eigenvalue weighted by Crippen LogP contribution is -2.81. The van der Waals surface area contributed by atoms with E-state index in [0.717, 1.165) is 17.7 Å². The number of nitrogens with zero attached hydrogens (tertiary/aromatic N) is 2. The summed E-state index contributed by atoms with van der Waals surface area (Å²) in [7, 11) is 0. The fraction of sp³-hybridized carbons (Fsp3) is 0.315. The zero-order valence-electron chi connectivity index (χ0n) is 41.0. The quantitative estimate of drug-likeness (QED) is 0.0122. The number of Topliss-reactive ketones (excluding diaryl/α,β-unsaturated/α-hetero) is 1. The molecule has 0 bridgehead atoms. The van der Waals surface area contributed by atoms with Crippen molar-refractivity contribution >= 4 is 39.9 Å². The summed E-state index contributed by atoms with van der Waals surface area (Å²) in [5.41, 5.74) is -12.6. The third-order valence-electron chi connectivity index (χ3n) is 13.0. The Kier molecular flexibility index (Phi) is 22.1. The van der Waals surface area contributed by atoms with E-state index in [-0.39, 0.29) is 5.78 Å². The predicted molar refractivity (Wildman–Crippen MR) is 248 cm³/mol. The van der Waals surface area contributed by atoms with Crippen LogP contribution in [0.25, 0.3) is 6.08 Å². The Bertz CT molecular complexity index is 2760. The molecule has 0 radical (unpaired) electrons. The maximum atomic E-state index is 15.4. The van der Waals surface area contributed by atoms with Gasteiger partial charge in [-0.3, -0.25) is 9.78 Å². The smallest absolute Gasteiger partial charge is 0.227 e. The van der Waals surface area contributed by atoms with E-state index in [1.807, 2.05) is 47.3 Å². The molecule has 78 heavy (non-hydrogen) atoms. The van der Waals surface area contributed by atoms with Gasteiger partial charge in [0.1, 0.15) is 52.7 Å². The summed E-state index contributed by atoms with van der Waals surface area (Å²) < 4.78 is 296. The molecule has 6 rings (SSSR count). The molecule has 6 aromatic rings. The predicted octanol–water partition coefficient (Wildman–Crippen LogP) is 14.0. The molecular formula is C54H45BF20N2O. The van der Waals surface area contributed by atoms with E-state index < -0.39 is 144 Å². The van der Waals surface area contributed by atoms with Gasteiger partial charge in [-0.2, -0.15) is 4.57 Å². The lowest BCUT2D eigenvalue weighted by Gasteiger charge is -2.44. The number of aromatic nitrogens is 2. The van der Waals surface area contributed by atoms with Gasteiger partial charge >= 0.3 is 0 Å². The van der Waals surface area contributed by atoms with Crippen LogP contribution in [0.5, 0.6) is 0 Å². The van der Waals surface area contributed by atoms with Gasteiger partial charge in [-0.05, 0) is 12.8 Å². The summed E-state index contributed by atoms with van der Waals surface area (Å²) in [6.45, 7) is 2.62. The highest BCUT2D eigenvalue weighted by atomic mass is 19.2. The lowest BCUT2D eigenvalue weighted by molar-refractivity contribution is -0.685. The molecule has 0 aliphatic rings. The minimum absolute atomic E-state index is 0.119. The number of hydrogen-bond acceptors (Lipinski definition) is 2. The second-order valence-electron chi connectivity index (χ2n) is 18.0. The van der Waals surface area contributed by atoms with Crippen LogP contribution in [-0.2, 0) is 6.54 Å². The van der Waals surface area contributed by atoms with Crippen LogP contribution in [-0.4, -0.2) is 16.9 Å². The molecule has 1 heterocycles. The van der Waals surface area contributed by atoms with Crippen LogP contribution < -0.4 is 26.4 Å². The summed E-state index contributed by atoms with van der Waals surface area (Å²) >= 11 is 0. The largest absolute Gasteiger partial charge is 0.287 e. The van der Waals surface area contributed by atoms with Gasteiger partial charge in [0.2, 0.25) is 18.0 Å². The third-order valence-corrected chi connectivity index (χ3v) is 13.0. The van der Waals surface area contributed by atoms with Crippen molar-refractivity contribution in [1.82, 2.24) is 4.98 Å². The minimum atomic E-state index is -7.22. The lowest BCUT2D eigenvalue weighted by atomic mass is 9.12. The molecule has 0 spiro atoms. The molecule has 5 aromatic carbocycles. The Morgan fingerprint density at radius 3 is 1.04 bits per heavy atom. The molecule has 0 aliphatic carbocycles. The van der Waals surface area contributed by atoms with Crippen LogP contribution in [0.1, 0.15) is 119 Å². The molecule has 0 fully saturated rings. The van der Waals surface area contributed by atoms with Crippen LogP contribution >= 0.6 is 0 Å². The van der Waals surface area contributed by atoms with Crippen molar-refractivity contribution in [1.29, 1.82) is 0 Å². The summed E-state index contributed by atoms with van der Waals surface area (Å²) in [5, 5.41) is 0. The zero-order valence-corrected chi connectivity index (χ0v) is 41.0. The van der Waals surface area contributed by atoms with Crippen LogP contribution in [0.2, 0.25) is 0 Å². The van der Waals surface area contributed by atoms with Gasteiger partial charge in [-0.15, -0.1) is 21.9 Å². The third kappa shape index (κ3) is 12.9. The first kappa shape index (κ1) is 62.1. The van der Waals surface area contributed by atoms with Crippen LogP contribution in [0.15, 0.2) is 55.0 Å². The molecule has 0 unspecified atom stereocenters. The number of halogens is 20. The maximum absolute atomic E-state index is 15.4. The van der Waals surface area contributed by atoms with E-state index in [1.165, 1.54) is 89.9 Å². The highest BCUT2D eigenvalue weighted by Gasteiger charge is 2.52. The van der Waals surface area contributed by atoms with Crippen molar-refractivity contribution in [3.63, 3.8) is 0 Å². The van der Waals surface area contributed by atoms with E-state index in [0.29, 0.717) is 6.54 Å². The summed E-state index contributed by atoms with van der Waals surface area (Å²) in [6.07, 6.45) is 23.1. The maximum Gasteiger partial charge on any atom is 0.227 e. The van der Waals surface area contributed by atoms with Gasteiger partial charge in [0, 0.05) is 11.6 Å². The Balaban J connectivity index is 0.000000302. The van der Waals surface area contributed by atoms with Crippen molar-refractivity contribution in [3.05, 3.63) is 183 Å². The topological polar surface area (TPSA) is 33.8 Å². The van der Waals surface area contributed by atoms with Gasteiger partial charge < -0.3 is 0 Å². The Morgan fingerprint density at radius 1 is 0.423 bits per heavy atom. The first-order chi connectivity index (χ1) is 37.0. The zero-order chi connectivity index (χ0) is 57.8. The molecule has 0 atom stereocenters. The second kappa shape index (κ2) is 27.7. The van der Waals surface area contributed by atoms with Crippen LogP contribution in [0.4, 0.5) is 87.8 Å². The molecule has 24 heteroatoms. The van der Waals surface area contributed by atoms with Crippen LogP contribution in [0.3, 0.4) is 0 Å².